The molecule has 0 aliphatic rings. The molecule has 0 radical (unpaired) electrons. The molecule has 3 N–H and O–H groups in total. The van der Waals surface area contributed by atoms with Crippen molar-refractivity contribution in [1.29, 1.82) is 0 Å². The molecule has 150 valence electrons. The van der Waals surface area contributed by atoms with Crippen molar-refractivity contribution in [3.8, 4) is 22.4 Å². The van der Waals surface area contributed by atoms with Gasteiger partial charge in [0.25, 0.3) is 0 Å². The number of benzene rings is 2. The standard InChI is InChI=1S/C25H25N5/c1-18-6-5-9-21(14-18)23-17-29-25(30-24(23)20-10-12-27-13-11-20)28-16-22(26)15-19-7-3-2-4-8-19/h2-14,17,22H,15-16,26H2,1H3,(H,28,29,30)/t22-/m1/s1. The van der Waals surface area contributed by atoms with Gasteiger partial charge in [-0.3, -0.25) is 4.98 Å². The van der Waals surface area contributed by atoms with Crippen LogP contribution < -0.4 is 11.1 Å². The summed E-state index contributed by atoms with van der Waals surface area (Å²) in [6.45, 7) is 2.68. The summed E-state index contributed by atoms with van der Waals surface area (Å²) < 4.78 is 0. The zero-order valence-electron chi connectivity index (χ0n) is 17.0. The van der Waals surface area contributed by atoms with E-state index in [2.05, 4.69) is 58.6 Å². The van der Waals surface area contributed by atoms with Crippen molar-refractivity contribution >= 4 is 5.95 Å². The normalized spacial score (nSPS) is 11.8. The lowest BCUT2D eigenvalue weighted by Crippen LogP contribution is -2.31. The average molecular weight is 396 g/mol. The van der Waals surface area contributed by atoms with Crippen LogP contribution in [0.2, 0.25) is 0 Å². The molecule has 0 fully saturated rings. The lowest BCUT2D eigenvalue weighted by atomic mass is 10.00. The van der Waals surface area contributed by atoms with Gasteiger partial charge in [0.1, 0.15) is 0 Å². The van der Waals surface area contributed by atoms with Crippen LogP contribution in [0.15, 0.2) is 85.3 Å². The Bertz CT molecular complexity index is 1100. The molecule has 0 spiro atoms. The van der Waals surface area contributed by atoms with Crippen LogP contribution in [-0.4, -0.2) is 27.5 Å². The van der Waals surface area contributed by atoms with Crippen molar-refractivity contribution in [3.05, 3.63) is 96.4 Å². The monoisotopic (exact) mass is 395 g/mol. The third-order valence-corrected chi connectivity index (χ3v) is 4.93. The Morgan fingerprint density at radius 1 is 0.933 bits per heavy atom. The van der Waals surface area contributed by atoms with E-state index < -0.39 is 0 Å². The molecule has 1 atom stereocenters. The van der Waals surface area contributed by atoms with E-state index in [4.69, 9.17) is 10.7 Å². The summed E-state index contributed by atoms with van der Waals surface area (Å²) >= 11 is 0. The van der Waals surface area contributed by atoms with Crippen molar-refractivity contribution < 1.29 is 0 Å². The van der Waals surface area contributed by atoms with E-state index in [0.29, 0.717) is 12.5 Å². The minimum Gasteiger partial charge on any atom is -0.353 e. The molecule has 4 rings (SSSR count). The van der Waals surface area contributed by atoms with E-state index in [9.17, 15) is 0 Å². The molecule has 4 aromatic rings. The number of hydrogen-bond acceptors (Lipinski definition) is 5. The van der Waals surface area contributed by atoms with Crippen molar-refractivity contribution in [3.63, 3.8) is 0 Å². The zero-order chi connectivity index (χ0) is 20.8. The van der Waals surface area contributed by atoms with Gasteiger partial charge in [-0.15, -0.1) is 0 Å². The molecule has 2 aromatic heterocycles. The number of aromatic nitrogens is 3. The Balaban J connectivity index is 1.58. The van der Waals surface area contributed by atoms with E-state index >= 15 is 0 Å². The molecule has 0 saturated heterocycles. The van der Waals surface area contributed by atoms with Gasteiger partial charge in [-0.2, -0.15) is 0 Å². The fraction of sp³-hybridized carbons (Fsp3) is 0.160. The van der Waals surface area contributed by atoms with E-state index in [1.54, 1.807) is 12.4 Å². The molecular weight excluding hydrogens is 370 g/mol. The molecule has 0 saturated carbocycles. The number of nitrogens with zero attached hydrogens (tertiary/aromatic N) is 3. The first-order chi connectivity index (χ1) is 14.7. The van der Waals surface area contributed by atoms with Crippen LogP contribution in [-0.2, 0) is 6.42 Å². The van der Waals surface area contributed by atoms with Gasteiger partial charge in [-0.25, -0.2) is 9.97 Å². The highest BCUT2D eigenvalue weighted by Crippen LogP contribution is 2.30. The number of anilines is 1. The van der Waals surface area contributed by atoms with Crippen LogP contribution in [0, 0.1) is 6.92 Å². The first-order valence-electron chi connectivity index (χ1n) is 10.1. The van der Waals surface area contributed by atoms with Crippen LogP contribution in [0.1, 0.15) is 11.1 Å². The van der Waals surface area contributed by atoms with Crippen LogP contribution in [0.5, 0.6) is 0 Å². The van der Waals surface area contributed by atoms with Crippen molar-refractivity contribution in [1.82, 2.24) is 15.0 Å². The average Bonchev–Trinajstić information content (AvgIpc) is 2.79. The number of pyridine rings is 1. The topological polar surface area (TPSA) is 76.7 Å². The largest absolute Gasteiger partial charge is 0.353 e. The quantitative estimate of drug-likeness (QED) is 0.482. The Hall–Kier alpha value is -3.57. The molecule has 5 heteroatoms. The summed E-state index contributed by atoms with van der Waals surface area (Å²) in [6.07, 6.45) is 6.23. The zero-order valence-corrected chi connectivity index (χ0v) is 17.0. The summed E-state index contributed by atoms with van der Waals surface area (Å²) in [5, 5.41) is 3.30. The number of rotatable bonds is 7. The summed E-state index contributed by atoms with van der Waals surface area (Å²) in [6, 6.07) is 22.5. The maximum atomic E-state index is 6.31. The molecular formula is C25H25N5. The molecule has 0 bridgehead atoms. The van der Waals surface area contributed by atoms with Gasteiger partial charge < -0.3 is 11.1 Å². The second kappa shape index (κ2) is 9.29. The Morgan fingerprint density at radius 3 is 2.50 bits per heavy atom. The maximum absolute atomic E-state index is 6.31. The first-order valence-corrected chi connectivity index (χ1v) is 10.1. The van der Waals surface area contributed by atoms with Gasteiger partial charge in [0, 0.05) is 42.3 Å². The van der Waals surface area contributed by atoms with Gasteiger partial charge in [0.15, 0.2) is 0 Å². The van der Waals surface area contributed by atoms with Crippen LogP contribution >= 0.6 is 0 Å². The molecule has 30 heavy (non-hydrogen) atoms. The number of hydrogen-bond donors (Lipinski definition) is 2. The van der Waals surface area contributed by atoms with Crippen LogP contribution in [0.4, 0.5) is 5.95 Å². The SMILES string of the molecule is Cc1cccc(-c2cnc(NC[C@H](N)Cc3ccccc3)nc2-c2ccncc2)c1. The molecule has 0 aliphatic carbocycles. The fourth-order valence-corrected chi connectivity index (χ4v) is 3.43. The molecule has 2 heterocycles. The summed E-state index contributed by atoms with van der Waals surface area (Å²) in [4.78, 5) is 13.5. The molecule has 0 aliphatic heterocycles. The molecule has 0 amide bonds. The van der Waals surface area contributed by atoms with Crippen LogP contribution in [0.3, 0.4) is 0 Å². The highest BCUT2D eigenvalue weighted by molar-refractivity contribution is 5.80. The minimum atomic E-state index is -0.0307. The lowest BCUT2D eigenvalue weighted by molar-refractivity contribution is 0.696. The van der Waals surface area contributed by atoms with Gasteiger partial charge in [0.2, 0.25) is 5.95 Å². The van der Waals surface area contributed by atoms with Gasteiger partial charge >= 0.3 is 0 Å². The van der Waals surface area contributed by atoms with Gasteiger partial charge in [-0.05, 0) is 36.6 Å². The smallest absolute Gasteiger partial charge is 0.223 e. The predicted octanol–water partition coefficient (Wildman–Crippen LogP) is 4.50. The maximum Gasteiger partial charge on any atom is 0.223 e. The van der Waals surface area contributed by atoms with Gasteiger partial charge in [0.05, 0.1) is 5.69 Å². The molecule has 5 nitrogen and oxygen atoms in total. The summed E-state index contributed by atoms with van der Waals surface area (Å²) in [7, 11) is 0. The second-order valence-electron chi connectivity index (χ2n) is 7.39. The lowest BCUT2D eigenvalue weighted by Gasteiger charge is -2.15. The van der Waals surface area contributed by atoms with E-state index in [0.717, 1.165) is 28.8 Å². The van der Waals surface area contributed by atoms with E-state index in [-0.39, 0.29) is 6.04 Å². The van der Waals surface area contributed by atoms with Crippen molar-refractivity contribution in [2.24, 2.45) is 5.73 Å². The van der Waals surface area contributed by atoms with Crippen LogP contribution in [0.25, 0.3) is 22.4 Å². The number of aryl methyl sites for hydroxylation is 1. The highest BCUT2D eigenvalue weighted by Gasteiger charge is 2.13. The van der Waals surface area contributed by atoms with Gasteiger partial charge in [-0.1, -0.05) is 60.2 Å². The molecule has 2 aromatic carbocycles. The first kappa shape index (κ1) is 19.7. The summed E-state index contributed by atoms with van der Waals surface area (Å²) in [5.74, 6) is 0.571. The highest BCUT2D eigenvalue weighted by atomic mass is 15.1. The Morgan fingerprint density at radius 2 is 1.73 bits per heavy atom. The van der Waals surface area contributed by atoms with Crippen molar-refractivity contribution in [2.45, 2.75) is 19.4 Å². The number of nitrogens with one attached hydrogen (secondary N) is 1. The number of nitrogens with two attached hydrogens (primary N) is 1. The Kier molecular flexibility index (Phi) is 6.11. The Labute approximate surface area is 177 Å². The predicted molar refractivity (Wildman–Crippen MR) is 122 cm³/mol. The third-order valence-electron chi connectivity index (χ3n) is 4.93. The van der Waals surface area contributed by atoms with Crippen molar-refractivity contribution in [2.75, 3.05) is 11.9 Å². The summed E-state index contributed by atoms with van der Waals surface area (Å²) in [5.41, 5.74) is 12.7. The fourth-order valence-electron chi connectivity index (χ4n) is 3.43. The second-order valence-corrected chi connectivity index (χ2v) is 7.39. The minimum absolute atomic E-state index is 0.0307. The van der Waals surface area contributed by atoms with E-state index in [1.807, 2.05) is 36.5 Å². The third kappa shape index (κ3) is 4.88. The van der Waals surface area contributed by atoms with E-state index in [1.165, 1.54) is 11.1 Å². The molecule has 0 unspecified atom stereocenters.